The molecule has 1 heterocycles. The van der Waals surface area contributed by atoms with Gasteiger partial charge < -0.3 is 15.0 Å². The topological polar surface area (TPSA) is 86.3 Å². The Morgan fingerprint density at radius 1 is 1.35 bits per heavy atom. The van der Waals surface area contributed by atoms with Gasteiger partial charge in [-0.1, -0.05) is 11.6 Å². The minimum atomic E-state index is -1.15. The number of carbonyl (C=O) groups is 2. The van der Waals surface area contributed by atoms with Crippen molar-refractivity contribution in [3.05, 3.63) is 29.4 Å². The number of H-pyrrole nitrogens is 1. The lowest BCUT2D eigenvalue weighted by Gasteiger charge is -2.23. The first kappa shape index (κ1) is 15.8. The Labute approximate surface area is 135 Å². The molecule has 1 fully saturated rings. The van der Waals surface area contributed by atoms with Crippen molar-refractivity contribution >= 4 is 11.9 Å². The van der Waals surface area contributed by atoms with Gasteiger partial charge in [-0.3, -0.25) is 4.79 Å². The average molecular weight is 317 g/mol. The minimum Gasteiger partial charge on any atom is -0.477 e. The summed E-state index contributed by atoms with van der Waals surface area (Å²) in [4.78, 5) is 32.2. The van der Waals surface area contributed by atoms with Gasteiger partial charge in [0.05, 0.1) is 6.33 Å². The van der Waals surface area contributed by atoms with Crippen molar-refractivity contribution in [2.45, 2.75) is 44.9 Å². The summed E-state index contributed by atoms with van der Waals surface area (Å²) in [5.41, 5.74) is 1.33. The average Bonchev–Trinajstić information content (AvgIpc) is 3.23. The van der Waals surface area contributed by atoms with Crippen molar-refractivity contribution in [3.63, 3.8) is 0 Å². The molecule has 0 atom stereocenters. The second kappa shape index (κ2) is 6.98. The van der Waals surface area contributed by atoms with Gasteiger partial charge in [0.2, 0.25) is 0 Å². The Morgan fingerprint density at radius 2 is 2.17 bits per heavy atom. The monoisotopic (exact) mass is 317 g/mol. The first-order valence-electron chi connectivity index (χ1n) is 8.39. The third kappa shape index (κ3) is 4.00. The molecule has 124 valence electrons. The molecule has 1 amide bonds. The van der Waals surface area contributed by atoms with E-state index in [9.17, 15) is 9.59 Å². The van der Waals surface area contributed by atoms with E-state index in [0.717, 1.165) is 32.1 Å². The first-order chi connectivity index (χ1) is 11.1. The number of nitrogens with one attached hydrogen (secondary N) is 1. The van der Waals surface area contributed by atoms with Crippen molar-refractivity contribution < 1.29 is 14.7 Å². The molecule has 0 spiro atoms. The number of amides is 1. The summed E-state index contributed by atoms with van der Waals surface area (Å²) < 4.78 is 0. The highest BCUT2D eigenvalue weighted by Gasteiger charge is 2.30. The number of hydrogen-bond donors (Lipinski definition) is 2. The van der Waals surface area contributed by atoms with E-state index in [1.54, 1.807) is 4.90 Å². The molecule has 0 bridgehead atoms. The molecule has 1 saturated carbocycles. The van der Waals surface area contributed by atoms with E-state index in [-0.39, 0.29) is 17.3 Å². The zero-order valence-electron chi connectivity index (χ0n) is 13.3. The molecule has 0 unspecified atom stereocenters. The quantitative estimate of drug-likeness (QED) is 0.757. The van der Waals surface area contributed by atoms with Crippen molar-refractivity contribution in [3.8, 4) is 0 Å². The maximum absolute atomic E-state index is 12.7. The molecule has 0 aliphatic heterocycles. The zero-order valence-corrected chi connectivity index (χ0v) is 13.3. The summed E-state index contributed by atoms with van der Waals surface area (Å²) in [5, 5.41) is 9.16. The van der Waals surface area contributed by atoms with Gasteiger partial charge in [0.15, 0.2) is 11.4 Å². The highest BCUT2D eigenvalue weighted by atomic mass is 16.4. The van der Waals surface area contributed by atoms with E-state index in [0.29, 0.717) is 19.0 Å². The van der Waals surface area contributed by atoms with Crippen LogP contribution in [-0.4, -0.2) is 44.9 Å². The number of nitrogens with zero attached hydrogens (tertiary/aromatic N) is 2. The summed E-state index contributed by atoms with van der Waals surface area (Å²) in [5.74, 6) is -0.856. The Balaban J connectivity index is 1.69. The van der Waals surface area contributed by atoms with Crippen LogP contribution in [-0.2, 0) is 0 Å². The van der Waals surface area contributed by atoms with Crippen LogP contribution in [0, 0.1) is 5.92 Å². The van der Waals surface area contributed by atoms with E-state index >= 15 is 0 Å². The Bertz CT molecular complexity index is 616. The number of aromatic nitrogens is 2. The smallest absolute Gasteiger partial charge is 0.354 e. The molecule has 1 aromatic heterocycles. The number of hydrogen-bond acceptors (Lipinski definition) is 3. The second-order valence-electron chi connectivity index (χ2n) is 6.48. The van der Waals surface area contributed by atoms with E-state index in [1.807, 2.05) is 0 Å². The van der Waals surface area contributed by atoms with Crippen molar-refractivity contribution in [2.75, 3.05) is 13.1 Å². The van der Waals surface area contributed by atoms with Gasteiger partial charge in [-0.15, -0.1) is 0 Å². The summed E-state index contributed by atoms with van der Waals surface area (Å²) in [6.07, 6.45) is 11.5. The highest BCUT2D eigenvalue weighted by Crippen LogP contribution is 2.30. The summed E-state index contributed by atoms with van der Waals surface area (Å²) in [7, 11) is 0. The Hall–Kier alpha value is -2.11. The number of rotatable bonds is 7. The van der Waals surface area contributed by atoms with E-state index < -0.39 is 5.97 Å². The molecule has 2 aliphatic rings. The molecule has 23 heavy (non-hydrogen) atoms. The Morgan fingerprint density at radius 3 is 2.83 bits per heavy atom. The standard InChI is InChI=1S/C17H23N3O3/c21-16(14-15(17(22)23)19-11-18-14)20(10-13-6-7-13)9-8-12-4-2-1-3-5-12/h4,11,13H,1-3,5-10H2,(H,18,19)(H,22,23). The summed E-state index contributed by atoms with van der Waals surface area (Å²) in [6.45, 7) is 1.35. The molecule has 3 rings (SSSR count). The van der Waals surface area contributed by atoms with Gasteiger partial charge in [0, 0.05) is 13.1 Å². The molecular weight excluding hydrogens is 294 g/mol. The lowest BCUT2D eigenvalue weighted by molar-refractivity contribution is 0.0667. The predicted molar refractivity (Wildman–Crippen MR) is 85.3 cm³/mol. The number of carboxylic acid groups (broad SMARTS) is 1. The molecule has 0 saturated heterocycles. The van der Waals surface area contributed by atoms with Crippen molar-refractivity contribution in [1.29, 1.82) is 0 Å². The Kier molecular flexibility index (Phi) is 4.79. The molecule has 2 aliphatic carbocycles. The van der Waals surface area contributed by atoms with Gasteiger partial charge >= 0.3 is 5.97 Å². The van der Waals surface area contributed by atoms with E-state index in [2.05, 4.69) is 16.0 Å². The van der Waals surface area contributed by atoms with Crippen LogP contribution in [0.1, 0.15) is 65.9 Å². The molecular formula is C17H23N3O3. The van der Waals surface area contributed by atoms with Gasteiger partial charge in [0.25, 0.3) is 5.91 Å². The van der Waals surface area contributed by atoms with Crippen LogP contribution in [0.25, 0.3) is 0 Å². The highest BCUT2D eigenvalue weighted by molar-refractivity contribution is 6.02. The third-order valence-corrected chi connectivity index (χ3v) is 4.61. The lowest BCUT2D eigenvalue weighted by Crippen LogP contribution is -2.35. The number of allylic oxidation sites excluding steroid dienone is 1. The zero-order chi connectivity index (χ0) is 16.2. The fourth-order valence-electron chi connectivity index (χ4n) is 3.07. The minimum absolute atomic E-state index is 0.0239. The van der Waals surface area contributed by atoms with Crippen molar-refractivity contribution in [1.82, 2.24) is 14.9 Å². The van der Waals surface area contributed by atoms with Crippen molar-refractivity contribution in [2.24, 2.45) is 5.92 Å². The first-order valence-corrected chi connectivity index (χ1v) is 8.39. The van der Waals surface area contributed by atoms with Gasteiger partial charge in [-0.25, -0.2) is 9.78 Å². The normalized spacial score (nSPS) is 17.7. The fourth-order valence-corrected chi connectivity index (χ4v) is 3.07. The van der Waals surface area contributed by atoms with Crippen LogP contribution in [0.2, 0.25) is 0 Å². The third-order valence-electron chi connectivity index (χ3n) is 4.61. The van der Waals surface area contributed by atoms with Crippen LogP contribution in [0.15, 0.2) is 18.0 Å². The van der Waals surface area contributed by atoms with Crippen LogP contribution >= 0.6 is 0 Å². The van der Waals surface area contributed by atoms with E-state index in [4.69, 9.17) is 5.11 Å². The summed E-state index contributed by atoms with van der Waals surface area (Å²) >= 11 is 0. The summed E-state index contributed by atoms with van der Waals surface area (Å²) in [6, 6.07) is 0. The number of carboxylic acids is 1. The molecule has 0 aromatic carbocycles. The van der Waals surface area contributed by atoms with Gasteiger partial charge in [0.1, 0.15) is 0 Å². The number of aromatic amines is 1. The maximum Gasteiger partial charge on any atom is 0.354 e. The maximum atomic E-state index is 12.7. The molecule has 6 heteroatoms. The molecule has 1 aromatic rings. The molecule has 6 nitrogen and oxygen atoms in total. The second-order valence-corrected chi connectivity index (χ2v) is 6.48. The largest absolute Gasteiger partial charge is 0.477 e. The van der Waals surface area contributed by atoms with E-state index in [1.165, 1.54) is 24.7 Å². The molecule has 2 N–H and O–H groups in total. The fraction of sp³-hybridized carbons (Fsp3) is 0.588. The lowest BCUT2D eigenvalue weighted by atomic mass is 9.97. The predicted octanol–water partition coefficient (Wildman–Crippen LogP) is 2.85. The SMILES string of the molecule is O=C(O)c1[nH]cnc1C(=O)N(CCC1=CCCCC1)CC1CC1. The number of imidazole rings is 1. The van der Waals surface area contributed by atoms with Crippen LogP contribution in [0.5, 0.6) is 0 Å². The number of carbonyl (C=O) groups excluding carboxylic acids is 1. The van der Waals surface area contributed by atoms with Crippen LogP contribution < -0.4 is 0 Å². The van der Waals surface area contributed by atoms with Gasteiger partial charge in [-0.2, -0.15) is 0 Å². The molecule has 0 radical (unpaired) electrons. The van der Waals surface area contributed by atoms with Crippen LogP contribution in [0.4, 0.5) is 0 Å². The number of aromatic carboxylic acids is 1. The van der Waals surface area contributed by atoms with Gasteiger partial charge in [-0.05, 0) is 50.9 Å². The van der Waals surface area contributed by atoms with Crippen LogP contribution in [0.3, 0.4) is 0 Å².